The standard InChI is InChI=1S/C7H11NO3/c1-2-7(9)11-5-3-4-10-6-8/h2-4H,1,5-6,8H2. The summed E-state index contributed by atoms with van der Waals surface area (Å²) in [6.07, 6.45) is 4.00. The molecule has 0 radical (unpaired) electrons. The highest BCUT2D eigenvalue weighted by Crippen LogP contribution is 1.81. The lowest BCUT2D eigenvalue weighted by molar-refractivity contribution is -0.136. The van der Waals surface area contributed by atoms with E-state index in [1.165, 1.54) is 12.3 Å². The van der Waals surface area contributed by atoms with Crippen LogP contribution in [0.1, 0.15) is 0 Å². The van der Waals surface area contributed by atoms with Gasteiger partial charge in [-0.15, -0.1) is 0 Å². The number of esters is 1. The molecule has 0 aromatic rings. The quantitative estimate of drug-likeness (QED) is 0.267. The summed E-state index contributed by atoms with van der Waals surface area (Å²) in [5.41, 5.74) is 5.00. The molecule has 0 aliphatic heterocycles. The molecule has 0 saturated carbocycles. The van der Waals surface area contributed by atoms with E-state index in [9.17, 15) is 4.79 Å². The van der Waals surface area contributed by atoms with E-state index in [4.69, 9.17) is 5.73 Å². The fraction of sp³-hybridized carbons (Fsp3) is 0.286. The minimum absolute atomic E-state index is 0.117. The third kappa shape index (κ3) is 6.60. The van der Waals surface area contributed by atoms with Gasteiger partial charge in [0.15, 0.2) is 0 Å². The first-order valence-corrected chi connectivity index (χ1v) is 3.07. The van der Waals surface area contributed by atoms with E-state index in [-0.39, 0.29) is 13.3 Å². The molecule has 11 heavy (non-hydrogen) atoms. The number of carbonyl (C=O) groups excluding carboxylic acids is 1. The van der Waals surface area contributed by atoms with Gasteiger partial charge in [-0.2, -0.15) is 0 Å². The Hall–Kier alpha value is -1.29. The van der Waals surface area contributed by atoms with Crippen LogP contribution in [0.5, 0.6) is 0 Å². The average molecular weight is 157 g/mol. The smallest absolute Gasteiger partial charge is 0.330 e. The highest BCUT2D eigenvalue weighted by atomic mass is 16.5. The Labute approximate surface area is 65.3 Å². The highest BCUT2D eigenvalue weighted by molar-refractivity contribution is 5.81. The lowest BCUT2D eigenvalue weighted by Crippen LogP contribution is -2.01. The Morgan fingerprint density at radius 1 is 1.64 bits per heavy atom. The van der Waals surface area contributed by atoms with Gasteiger partial charge in [0.2, 0.25) is 0 Å². The first kappa shape index (κ1) is 9.71. The highest BCUT2D eigenvalue weighted by Gasteiger charge is 1.89. The van der Waals surface area contributed by atoms with Crippen LogP contribution in [0.2, 0.25) is 0 Å². The minimum atomic E-state index is -0.456. The van der Waals surface area contributed by atoms with Crippen LogP contribution in [0.25, 0.3) is 0 Å². The summed E-state index contributed by atoms with van der Waals surface area (Å²) in [7, 11) is 0. The van der Waals surface area contributed by atoms with Crippen LogP contribution in [-0.4, -0.2) is 19.3 Å². The maximum absolute atomic E-state index is 10.4. The van der Waals surface area contributed by atoms with E-state index in [0.717, 1.165) is 6.08 Å². The van der Waals surface area contributed by atoms with Gasteiger partial charge in [-0.25, -0.2) is 4.79 Å². The Balaban J connectivity index is 3.26. The molecule has 0 amide bonds. The molecule has 62 valence electrons. The molecular weight excluding hydrogens is 146 g/mol. The second-order valence-electron chi connectivity index (χ2n) is 1.54. The molecule has 0 bridgehead atoms. The third-order valence-corrected chi connectivity index (χ3v) is 0.777. The molecule has 0 aliphatic carbocycles. The van der Waals surface area contributed by atoms with Crippen molar-refractivity contribution in [2.24, 2.45) is 5.73 Å². The molecule has 0 heterocycles. The van der Waals surface area contributed by atoms with Crippen LogP contribution in [0, 0.1) is 0 Å². The molecule has 0 atom stereocenters. The fourth-order valence-electron chi connectivity index (χ4n) is 0.352. The monoisotopic (exact) mass is 157 g/mol. The van der Waals surface area contributed by atoms with E-state index in [1.54, 1.807) is 0 Å². The molecule has 0 saturated heterocycles. The number of nitrogens with two attached hydrogens (primary N) is 1. The van der Waals surface area contributed by atoms with Crippen molar-refractivity contribution in [2.75, 3.05) is 13.3 Å². The summed E-state index contributed by atoms with van der Waals surface area (Å²) >= 11 is 0. The van der Waals surface area contributed by atoms with Crippen molar-refractivity contribution in [2.45, 2.75) is 0 Å². The van der Waals surface area contributed by atoms with Gasteiger partial charge >= 0.3 is 5.97 Å². The SMILES string of the molecule is C=CC(=O)OCC=COCN. The maximum atomic E-state index is 10.4. The number of hydrogen-bond acceptors (Lipinski definition) is 4. The first-order chi connectivity index (χ1) is 5.31. The zero-order valence-corrected chi connectivity index (χ0v) is 6.16. The molecular formula is C7H11NO3. The molecule has 4 nitrogen and oxygen atoms in total. The predicted molar refractivity (Wildman–Crippen MR) is 40.4 cm³/mol. The van der Waals surface area contributed by atoms with Gasteiger partial charge in [-0.1, -0.05) is 6.58 Å². The summed E-state index contributed by atoms with van der Waals surface area (Å²) in [6, 6.07) is 0. The molecule has 0 rings (SSSR count). The van der Waals surface area contributed by atoms with E-state index >= 15 is 0 Å². The van der Waals surface area contributed by atoms with Crippen LogP contribution in [-0.2, 0) is 14.3 Å². The van der Waals surface area contributed by atoms with Crippen molar-refractivity contribution in [1.29, 1.82) is 0 Å². The topological polar surface area (TPSA) is 61.5 Å². The summed E-state index contributed by atoms with van der Waals surface area (Å²) in [5, 5.41) is 0. The van der Waals surface area contributed by atoms with Crippen LogP contribution >= 0.6 is 0 Å². The van der Waals surface area contributed by atoms with Gasteiger partial charge in [0.1, 0.15) is 13.3 Å². The van der Waals surface area contributed by atoms with Crippen molar-refractivity contribution < 1.29 is 14.3 Å². The molecule has 2 N–H and O–H groups in total. The van der Waals surface area contributed by atoms with Crippen molar-refractivity contribution >= 4 is 5.97 Å². The van der Waals surface area contributed by atoms with Gasteiger partial charge < -0.3 is 9.47 Å². The van der Waals surface area contributed by atoms with E-state index in [1.807, 2.05) is 0 Å². The minimum Gasteiger partial charge on any atom is -0.486 e. The Bertz CT molecular complexity index is 154. The van der Waals surface area contributed by atoms with E-state index in [2.05, 4.69) is 16.1 Å². The van der Waals surface area contributed by atoms with Crippen LogP contribution in [0.4, 0.5) is 0 Å². The van der Waals surface area contributed by atoms with Gasteiger partial charge in [-0.3, -0.25) is 5.73 Å². The maximum Gasteiger partial charge on any atom is 0.330 e. The summed E-state index contributed by atoms with van der Waals surface area (Å²) < 4.78 is 9.20. The van der Waals surface area contributed by atoms with Crippen molar-refractivity contribution in [3.63, 3.8) is 0 Å². The van der Waals surface area contributed by atoms with Gasteiger partial charge in [0.05, 0.1) is 6.26 Å². The molecule has 0 unspecified atom stereocenters. The number of rotatable bonds is 5. The van der Waals surface area contributed by atoms with Crippen LogP contribution < -0.4 is 5.73 Å². The largest absolute Gasteiger partial charge is 0.486 e. The molecule has 0 aromatic heterocycles. The van der Waals surface area contributed by atoms with Gasteiger partial charge in [0, 0.05) is 6.08 Å². The van der Waals surface area contributed by atoms with Crippen molar-refractivity contribution in [3.8, 4) is 0 Å². The average Bonchev–Trinajstić information content (AvgIpc) is 2.04. The van der Waals surface area contributed by atoms with Crippen LogP contribution in [0.15, 0.2) is 25.0 Å². The second kappa shape index (κ2) is 6.82. The predicted octanol–water partition coefficient (Wildman–Crippen LogP) is 0.162. The zero-order chi connectivity index (χ0) is 8.53. The normalized spacial score (nSPS) is 9.55. The Morgan fingerprint density at radius 2 is 2.36 bits per heavy atom. The van der Waals surface area contributed by atoms with E-state index < -0.39 is 5.97 Å². The van der Waals surface area contributed by atoms with Crippen molar-refractivity contribution in [1.82, 2.24) is 0 Å². The molecule has 4 heteroatoms. The fourth-order valence-corrected chi connectivity index (χ4v) is 0.352. The Kier molecular flexibility index (Phi) is 6.02. The lowest BCUT2D eigenvalue weighted by atomic mass is 10.6. The summed E-state index contributed by atoms with van der Waals surface area (Å²) in [5.74, 6) is -0.456. The third-order valence-electron chi connectivity index (χ3n) is 0.777. The molecule has 0 aromatic carbocycles. The first-order valence-electron chi connectivity index (χ1n) is 3.07. The summed E-state index contributed by atoms with van der Waals surface area (Å²) in [4.78, 5) is 10.4. The Morgan fingerprint density at radius 3 is 2.91 bits per heavy atom. The van der Waals surface area contributed by atoms with Gasteiger partial charge in [0.25, 0.3) is 0 Å². The van der Waals surface area contributed by atoms with E-state index in [0.29, 0.717) is 0 Å². The molecule has 0 fully saturated rings. The molecule has 0 spiro atoms. The molecule has 0 aliphatic rings. The number of ether oxygens (including phenoxy) is 2. The lowest BCUT2D eigenvalue weighted by Gasteiger charge is -1.95. The second-order valence-corrected chi connectivity index (χ2v) is 1.54. The van der Waals surface area contributed by atoms with Crippen molar-refractivity contribution in [3.05, 3.63) is 25.0 Å². The van der Waals surface area contributed by atoms with Gasteiger partial charge in [-0.05, 0) is 6.08 Å². The number of hydrogen-bond donors (Lipinski definition) is 1. The number of carbonyl (C=O) groups is 1. The summed E-state index contributed by atoms with van der Waals surface area (Å²) in [6.45, 7) is 3.51. The zero-order valence-electron chi connectivity index (χ0n) is 6.16. The van der Waals surface area contributed by atoms with Crippen LogP contribution in [0.3, 0.4) is 0 Å².